The number of nitro benzene ring substituents is 1. The molecule has 0 radical (unpaired) electrons. The molecule has 0 fully saturated rings. The second-order valence-electron chi connectivity index (χ2n) is 6.38. The van der Waals surface area contributed by atoms with Crippen molar-refractivity contribution in [3.8, 4) is 11.3 Å². The number of nitrogens with zero attached hydrogens (tertiary/aromatic N) is 3. The van der Waals surface area contributed by atoms with Crippen molar-refractivity contribution in [2.75, 3.05) is 0 Å². The van der Waals surface area contributed by atoms with Gasteiger partial charge in [-0.2, -0.15) is 0 Å². The second kappa shape index (κ2) is 6.94. The van der Waals surface area contributed by atoms with E-state index in [4.69, 9.17) is 27.6 Å². The standard InChI is InChI=1S/C20H9Cl2N3O4S/c21-12-9-13(22)16(25(27)28)8-11(12)17-6-5-10(29-17)7-18-19(26)24-15-4-2-1-3-14(15)23-20(24)30-18/h1-9H/b18-7-. The summed E-state index contributed by atoms with van der Waals surface area (Å²) in [5.41, 5.74) is 1.37. The molecule has 0 aliphatic rings. The first-order valence-electron chi connectivity index (χ1n) is 8.58. The molecule has 0 aliphatic carbocycles. The fraction of sp³-hybridized carbons (Fsp3) is 0. The molecule has 0 unspecified atom stereocenters. The van der Waals surface area contributed by atoms with Crippen LogP contribution in [0.1, 0.15) is 5.76 Å². The number of halogens is 2. The van der Waals surface area contributed by atoms with Gasteiger partial charge in [-0.25, -0.2) is 9.38 Å². The van der Waals surface area contributed by atoms with Gasteiger partial charge in [0.2, 0.25) is 0 Å². The van der Waals surface area contributed by atoms with Gasteiger partial charge >= 0.3 is 0 Å². The van der Waals surface area contributed by atoms with Gasteiger partial charge in [-0.1, -0.05) is 46.7 Å². The molecule has 0 aliphatic heterocycles. The molecule has 148 valence electrons. The molecule has 0 N–H and O–H groups in total. The Bertz CT molecular complexity index is 1590. The van der Waals surface area contributed by atoms with Crippen LogP contribution in [-0.4, -0.2) is 14.3 Å². The maximum atomic E-state index is 12.8. The van der Waals surface area contributed by atoms with E-state index in [9.17, 15) is 14.9 Å². The van der Waals surface area contributed by atoms with Crippen molar-refractivity contribution < 1.29 is 9.34 Å². The van der Waals surface area contributed by atoms with Crippen LogP contribution in [0, 0.1) is 10.1 Å². The van der Waals surface area contributed by atoms with Gasteiger partial charge in [-0.3, -0.25) is 14.9 Å². The molecule has 5 aromatic rings. The summed E-state index contributed by atoms with van der Waals surface area (Å²) in [4.78, 5) is 28.5. The Balaban J connectivity index is 1.61. The second-order valence-corrected chi connectivity index (χ2v) is 8.20. The maximum Gasteiger partial charge on any atom is 0.288 e. The van der Waals surface area contributed by atoms with E-state index < -0.39 is 4.92 Å². The Morgan fingerprint density at radius 2 is 1.93 bits per heavy atom. The van der Waals surface area contributed by atoms with Crippen LogP contribution in [0.2, 0.25) is 10.0 Å². The van der Waals surface area contributed by atoms with Crippen LogP contribution in [0.5, 0.6) is 0 Å². The molecule has 3 heterocycles. The van der Waals surface area contributed by atoms with Crippen LogP contribution in [-0.2, 0) is 0 Å². The fourth-order valence-corrected chi connectivity index (χ4v) is 4.69. The Morgan fingerprint density at radius 1 is 1.13 bits per heavy atom. The molecule has 30 heavy (non-hydrogen) atoms. The lowest BCUT2D eigenvalue weighted by Crippen LogP contribution is -2.22. The van der Waals surface area contributed by atoms with E-state index in [0.29, 0.717) is 26.6 Å². The van der Waals surface area contributed by atoms with Gasteiger partial charge in [0.05, 0.1) is 21.0 Å². The average Bonchev–Trinajstić information content (AvgIpc) is 3.38. The lowest BCUT2D eigenvalue weighted by atomic mass is 10.1. The first kappa shape index (κ1) is 18.8. The lowest BCUT2D eigenvalue weighted by Gasteiger charge is -2.02. The predicted octanol–water partition coefficient (Wildman–Crippen LogP) is 4.93. The smallest absolute Gasteiger partial charge is 0.288 e. The fourth-order valence-electron chi connectivity index (χ4n) is 3.18. The number of thiazole rings is 1. The summed E-state index contributed by atoms with van der Waals surface area (Å²) in [6, 6.07) is 13.3. The van der Waals surface area contributed by atoms with E-state index in [1.807, 2.05) is 24.3 Å². The SMILES string of the molecule is O=c1/c(=C/c2ccc(-c3cc([N+](=O)[O-])c(Cl)cc3Cl)o2)sc2nc3ccccc3n12. The molecule has 3 aromatic heterocycles. The van der Waals surface area contributed by atoms with Crippen LogP contribution in [0.25, 0.3) is 33.4 Å². The highest BCUT2D eigenvalue weighted by Gasteiger charge is 2.19. The Morgan fingerprint density at radius 3 is 2.73 bits per heavy atom. The summed E-state index contributed by atoms with van der Waals surface area (Å²) >= 11 is 13.3. The van der Waals surface area contributed by atoms with E-state index >= 15 is 0 Å². The number of fused-ring (bicyclic) bond motifs is 3. The maximum absolute atomic E-state index is 12.8. The Hall–Kier alpha value is -3.20. The Kier molecular flexibility index (Phi) is 4.35. The topological polar surface area (TPSA) is 90.6 Å². The molecule has 0 bridgehead atoms. The number of benzene rings is 2. The molecule has 0 amide bonds. The van der Waals surface area contributed by atoms with Gasteiger partial charge in [-0.15, -0.1) is 0 Å². The summed E-state index contributed by atoms with van der Waals surface area (Å²) in [5, 5.41) is 11.3. The zero-order valence-electron chi connectivity index (χ0n) is 14.8. The van der Waals surface area contributed by atoms with Crippen molar-refractivity contribution >= 4 is 62.3 Å². The summed E-state index contributed by atoms with van der Waals surface area (Å²) in [5.74, 6) is 0.731. The zero-order chi connectivity index (χ0) is 21.0. The van der Waals surface area contributed by atoms with Gasteiger partial charge < -0.3 is 4.42 Å². The number of imidazole rings is 1. The third-order valence-electron chi connectivity index (χ3n) is 4.54. The van der Waals surface area contributed by atoms with Crippen molar-refractivity contribution in [1.82, 2.24) is 9.38 Å². The number of rotatable bonds is 3. The normalized spacial score (nSPS) is 12.3. The van der Waals surface area contributed by atoms with Crippen molar-refractivity contribution in [2.24, 2.45) is 0 Å². The number of hydrogen-bond donors (Lipinski definition) is 0. The van der Waals surface area contributed by atoms with E-state index in [1.54, 1.807) is 22.6 Å². The van der Waals surface area contributed by atoms with Crippen molar-refractivity contribution in [3.05, 3.63) is 89.3 Å². The quantitative estimate of drug-likeness (QED) is 0.283. The van der Waals surface area contributed by atoms with Crippen LogP contribution >= 0.6 is 34.5 Å². The summed E-state index contributed by atoms with van der Waals surface area (Å²) in [6.45, 7) is 0. The summed E-state index contributed by atoms with van der Waals surface area (Å²) < 4.78 is 7.80. The average molecular weight is 458 g/mol. The van der Waals surface area contributed by atoms with Crippen LogP contribution in [0.15, 0.2) is 57.7 Å². The van der Waals surface area contributed by atoms with Gasteiger partial charge in [0.15, 0.2) is 4.96 Å². The van der Waals surface area contributed by atoms with Gasteiger partial charge in [0.1, 0.15) is 21.1 Å². The van der Waals surface area contributed by atoms with Crippen molar-refractivity contribution in [2.45, 2.75) is 0 Å². The molecule has 0 atom stereocenters. The Labute approximate surface area is 181 Å². The highest BCUT2D eigenvalue weighted by atomic mass is 35.5. The number of hydrogen-bond acceptors (Lipinski definition) is 6. The lowest BCUT2D eigenvalue weighted by molar-refractivity contribution is -0.384. The molecule has 5 rings (SSSR count). The molecule has 0 saturated heterocycles. The molecule has 0 spiro atoms. The van der Waals surface area contributed by atoms with E-state index in [0.717, 1.165) is 11.0 Å². The third kappa shape index (κ3) is 2.97. The number of aromatic nitrogens is 2. The van der Waals surface area contributed by atoms with Crippen molar-refractivity contribution in [3.63, 3.8) is 0 Å². The highest BCUT2D eigenvalue weighted by Crippen LogP contribution is 2.37. The number of nitro groups is 1. The van der Waals surface area contributed by atoms with E-state index in [2.05, 4.69) is 4.98 Å². The summed E-state index contributed by atoms with van der Waals surface area (Å²) in [7, 11) is 0. The highest BCUT2D eigenvalue weighted by molar-refractivity contribution is 7.15. The van der Waals surface area contributed by atoms with Crippen LogP contribution in [0.3, 0.4) is 0 Å². The molecular weight excluding hydrogens is 449 g/mol. The third-order valence-corrected chi connectivity index (χ3v) is 6.13. The largest absolute Gasteiger partial charge is 0.457 e. The first-order chi connectivity index (χ1) is 14.4. The minimum Gasteiger partial charge on any atom is -0.457 e. The van der Waals surface area contributed by atoms with Gasteiger partial charge in [0.25, 0.3) is 11.2 Å². The molecule has 10 heteroatoms. The zero-order valence-corrected chi connectivity index (χ0v) is 17.2. The molecule has 2 aromatic carbocycles. The van der Waals surface area contributed by atoms with E-state index in [-0.39, 0.29) is 21.3 Å². The van der Waals surface area contributed by atoms with Crippen molar-refractivity contribution in [1.29, 1.82) is 0 Å². The molecular formula is C20H9Cl2N3O4S. The van der Waals surface area contributed by atoms with Crippen LogP contribution in [0.4, 0.5) is 5.69 Å². The molecule has 0 saturated carbocycles. The van der Waals surface area contributed by atoms with E-state index in [1.165, 1.54) is 23.5 Å². The minimum absolute atomic E-state index is 0.0581. The number of para-hydroxylation sites is 2. The number of furan rings is 1. The van der Waals surface area contributed by atoms with Gasteiger partial charge in [-0.05, 0) is 30.3 Å². The molecule has 7 nitrogen and oxygen atoms in total. The first-order valence-corrected chi connectivity index (χ1v) is 10.1. The predicted molar refractivity (Wildman–Crippen MR) is 116 cm³/mol. The minimum atomic E-state index is -0.590. The van der Waals surface area contributed by atoms with Gasteiger partial charge in [0, 0.05) is 17.7 Å². The summed E-state index contributed by atoms with van der Waals surface area (Å²) in [6.07, 6.45) is 1.61. The monoisotopic (exact) mass is 457 g/mol. The van der Waals surface area contributed by atoms with Crippen LogP contribution < -0.4 is 10.1 Å².